The molecule has 150 valence electrons. The highest BCUT2D eigenvalue weighted by Crippen LogP contribution is 2.37. The highest BCUT2D eigenvalue weighted by Gasteiger charge is 2.34. The summed E-state index contributed by atoms with van der Waals surface area (Å²) in [5.74, 6) is 0.0736. The molecule has 0 aliphatic heterocycles. The Morgan fingerprint density at radius 2 is 1.57 bits per heavy atom. The van der Waals surface area contributed by atoms with Gasteiger partial charge in [0.1, 0.15) is 0 Å². The number of ketones is 1. The van der Waals surface area contributed by atoms with E-state index in [0.717, 1.165) is 24.0 Å². The zero-order valence-electron chi connectivity index (χ0n) is 17.2. The van der Waals surface area contributed by atoms with E-state index in [-0.39, 0.29) is 11.9 Å². The van der Waals surface area contributed by atoms with E-state index in [1.165, 1.54) is 29.4 Å². The quantitative estimate of drug-likeness (QED) is 0.540. The van der Waals surface area contributed by atoms with Crippen LogP contribution in [0.25, 0.3) is 6.08 Å². The number of ether oxygens (including phenoxy) is 1. The lowest BCUT2D eigenvalue weighted by Gasteiger charge is -2.08. The molecule has 0 N–H and O–H groups in total. The zero-order valence-corrected chi connectivity index (χ0v) is 17.2. The van der Waals surface area contributed by atoms with Gasteiger partial charge in [0.2, 0.25) is 0 Å². The average Bonchev–Trinajstić information content (AvgIpc) is 3.35. The predicted octanol–water partition coefficient (Wildman–Crippen LogP) is 5.46. The van der Waals surface area contributed by atoms with Crippen LogP contribution in [0.5, 0.6) is 0 Å². The second kappa shape index (κ2) is 8.50. The van der Waals surface area contributed by atoms with Crippen LogP contribution >= 0.6 is 0 Å². The van der Waals surface area contributed by atoms with E-state index in [0.29, 0.717) is 11.3 Å². The number of carbonyl (C=O) groups is 2. The fourth-order valence-corrected chi connectivity index (χ4v) is 4.08. The number of hydrogen-bond donors (Lipinski definition) is 0. The summed E-state index contributed by atoms with van der Waals surface area (Å²) in [6, 6.07) is 23.7. The Labute approximate surface area is 177 Å². The summed E-state index contributed by atoms with van der Waals surface area (Å²) in [5, 5.41) is 0. The molecule has 0 aromatic heterocycles. The number of rotatable bonds is 2. The van der Waals surface area contributed by atoms with Crippen molar-refractivity contribution in [2.24, 2.45) is 5.92 Å². The number of hydrogen-bond acceptors (Lipinski definition) is 3. The summed E-state index contributed by atoms with van der Waals surface area (Å²) in [6.45, 7) is 1.97. The molecule has 0 amide bonds. The molecule has 0 bridgehead atoms. The predicted molar refractivity (Wildman–Crippen MR) is 119 cm³/mol. The SMILES string of the molecule is COC(=O)c1ccc(C)cc1.O=C1c2ccccc2CC1C1=Cc2ccccc2C1. The lowest BCUT2D eigenvalue weighted by Crippen LogP contribution is -2.12. The summed E-state index contributed by atoms with van der Waals surface area (Å²) in [7, 11) is 1.38. The molecule has 0 saturated carbocycles. The fraction of sp³-hybridized carbons (Fsp3) is 0.185. The molecule has 0 heterocycles. The van der Waals surface area contributed by atoms with Gasteiger partial charge in [0.15, 0.2) is 5.78 Å². The number of methoxy groups -OCH3 is 1. The fourth-order valence-electron chi connectivity index (χ4n) is 4.08. The van der Waals surface area contributed by atoms with Crippen molar-refractivity contribution in [3.63, 3.8) is 0 Å². The number of benzene rings is 3. The number of fused-ring (bicyclic) bond motifs is 2. The molecule has 1 unspecified atom stereocenters. The highest BCUT2D eigenvalue weighted by molar-refractivity contribution is 6.04. The van der Waals surface area contributed by atoms with Gasteiger partial charge >= 0.3 is 5.97 Å². The maximum absolute atomic E-state index is 12.5. The van der Waals surface area contributed by atoms with Crippen LogP contribution in [-0.2, 0) is 17.6 Å². The molecule has 3 heteroatoms. The number of allylic oxidation sites excluding steroid dienone is 1. The Bertz CT molecular complexity index is 1120. The van der Waals surface area contributed by atoms with Gasteiger partial charge in [0.25, 0.3) is 0 Å². The van der Waals surface area contributed by atoms with E-state index in [9.17, 15) is 9.59 Å². The molecule has 1 atom stereocenters. The van der Waals surface area contributed by atoms with Crippen LogP contribution in [0.1, 0.15) is 43.0 Å². The van der Waals surface area contributed by atoms with Crippen molar-refractivity contribution in [3.8, 4) is 0 Å². The molecule has 0 saturated heterocycles. The lowest BCUT2D eigenvalue weighted by molar-refractivity contribution is 0.0600. The van der Waals surface area contributed by atoms with E-state index in [1.807, 2.05) is 37.3 Å². The Morgan fingerprint density at radius 1 is 0.900 bits per heavy atom. The van der Waals surface area contributed by atoms with E-state index in [1.54, 1.807) is 12.1 Å². The van der Waals surface area contributed by atoms with Crippen LogP contribution in [-0.4, -0.2) is 18.9 Å². The van der Waals surface area contributed by atoms with E-state index >= 15 is 0 Å². The first-order valence-corrected chi connectivity index (χ1v) is 10.1. The number of Topliss-reactive ketones (excluding diaryl/α,β-unsaturated/α-hetero) is 1. The van der Waals surface area contributed by atoms with Crippen LogP contribution in [0.3, 0.4) is 0 Å². The Hall–Kier alpha value is -3.46. The maximum Gasteiger partial charge on any atom is 0.337 e. The van der Waals surface area contributed by atoms with E-state index in [4.69, 9.17) is 0 Å². The van der Waals surface area contributed by atoms with Crippen molar-refractivity contribution in [2.45, 2.75) is 19.8 Å². The first-order valence-electron chi connectivity index (χ1n) is 10.1. The monoisotopic (exact) mass is 396 g/mol. The minimum Gasteiger partial charge on any atom is -0.465 e. The number of aryl methyl sites for hydroxylation is 1. The van der Waals surface area contributed by atoms with Crippen LogP contribution in [0.2, 0.25) is 0 Å². The van der Waals surface area contributed by atoms with Crippen molar-refractivity contribution in [1.82, 2.24) is 0 Å². The topological polar surface area (TPSA) is 43.4 Å². The molecular weight excluding hydrogens is 372 g/mol. The van der Waals surface area contributed by atoms with Gasteiger partial charge in [-0.25, -0.2) is 4.79 Å². The Morgan fingerprint density at radius 3 is 2.23 bits per heavy atom. The molecule has 2 aliphatic rings. The van der Waals surface area contributed by atoms with Crippen molar-refractivity contribution >= 4 is 17.8 Å². The lowest BCUT2D eigenvalue weighted by atomic mass is 9.93. The first-order chi connectivity index (χ1) is 14.6. The van der Waals surface area contributed by atoms with Gasteiger partial charge < -0.3 is 4.74 Å². The van der Waals surface area contributed by atoms with Crippen LogP contribution in [0, 0.1) is 12.8 Å². The molecule has 0 fully saturated rings. The van der Waals surface area contributed by atoms with Crippen LogP contribution < -0.4 is 0 Å². The smallest absolute Gasteiger partial charge is 0.337 e. The van der Waals surface area contributed by atoms with Gasteiger partial charge in [-0.3, -0.25) is 4.79 Å². The minimum absolute atomic E-state index is 0.0600. The standard InChI is InChI=1S/C18H14O.C9H10O2/c19-18-16-8-4-3-7-14(16)11-17(18)15-9-12-5-1-2-6-13(12)10-15;1-7-3-5-8(6-4-7)9(10)11-2/h1-9,17H,10-11H2;3-6H,1-2H3. The van der Waals surface area contributed by atoms with Gasteiger partial charge in [0.05, 0.1) is 12.7 Å². The summed E-state index contributed by atoms with van der Waals surface area (Å²) in [6.07, 6.45) is 4.01. The van der Waals surface area contributed by atoms with Gasteiger partial charge in [-0.15, -0.1) is 0 Å². The molecule has 0 spiro atoms. The van der Waals surface area contributed by atoms with E-state index in [2.05, 4.69) is 41.1 Å². The summed E-state index contributed by atoms with van der Waals surface area (Å²) >= 11 is 0. The zero-order chi connectivity index (χ0) is 21.1. The van der Waals surface area contributed by atoms with Crippen LogP contribution in [0.15, 0.2) is 78.4 Å². The second-order valence-electron chi connectivity index (χ2n) is 7.73. The van der Waals surface area contributed by atoms with E-state index < -0.39 is 0 Å². The number of carbonyl (C=O) groups excluding carboxylic acids is 2. The van der Waals surface area contributed by atoms with Gasteiger partial charge in [0, 0.05) is 11.5 Å². The van der Waals surface area contributed by atoms with Crippen molar-refractivity contribution < 1.29 is 14.3 Å². The third kappa shape index (κ3) is 3.97. The van der Waals surface area contributed by atoms with Crippen molar-refractivity contribution in [1.29, 1.82) is 0 Å². The molecule has 3 nitrogen and oxygen atoms in total. The first kappa shape index (κ1) is 19.8. The molecule has 3 aromatic carbocycles. The summed E-state index contributed by atoms with van der Waals surface area (Å²) < 4.78 is 4.54. The number of esters is 1. The Balaban J connectivity index is 0.000000170. The molecule has 30 heavy (non-hydrogen) atoms. The molecule has 2 aliphatic carbocycles. The normalized spacial score (nSPS) is 16.1. The third-order valence-corrected chi connectivity index (χ3v) is 5.73. The van der Waals surface area contributed by atoms with Gasteiger partial charge in [-0.1, -0.05) is 77.9 Å². The largest absolute Gasteiger partial charge is 0.465 e. The molecular formula is C27H24O3. The van der Waals surface area contributed by atoms with Gasteiger partial charge in [-0.05, 0) is 48.6 Å². The highest BCUT2D eigenvalue weighted by atomic mass is 16.5. The average molecular weight is 396 g/mol. The maximum atomic E-state index is 12.5. The molecule has 5 rings (SSSR count). The summed E-state index contributed by atoms with van der Waals surface area (Å²) in [5.41, 5.74) is 7.76. The minimum atomic E-state index is -0.287. The third-order valence-electron chi connectivity index (χ3n) is 5.73. The molecule has 0 radical (unpaired) electrons. The van der Waals surface area contributed by atoms with Crippen molar-refractivity contribution in [2.75, 3.05) is 7.11 Å². The van der Waals surface area contributed by atoms with Crippen molar-refractivity contribution in [3.05, 3.63) is 112 Å². The molecule has 3 aromatic rings. The summed E-state index contributed by atoms with van der Waals surface area (Å²) in [4.78, 5) is 23.4. The Kier molecular flexibility index (Phi) is 5.62. The van der Waals surface area contributed by atoms with Gasteiger partial charge in [-0.2, -0.15) is 0 Å². The second-order valence-corrected chi connectivity index (χ2v) is 7.73. The van der Waals surface area contributed by atoms with Crippen LogP contribution in [0.4, 0.5) is 0 Å².